The van der Waals surface area contributed by atoms with Gasteiger partial charge in [0.05, 0.1) is 6.54 Å². The smallest absolute Gasteiger partial charge is 0.375 e. The molecule has 28 heavy (non-hydrogen) atoms. The summed E-state index contributed by atoms with van der Waals surface area (Å²) in [6, 6.07) is 11.4. The van der Waals surface area contributed by atoms with Gasteiger partial charge in [0.2, 0.25) is 5.76 Å². The lowest BCUT2D eigenvalue weighted by Crippen LogP contribution is -2.29. The van der Waals surface area contributed by atoms with Crippen LogP contribution >= 0.6 is 0 Å². The number of amides is 1. The van der Waals surface area contributed by atoms with E-state index in [1.165, 1.54) is 19.9 Å². The number of rotatable bonds is 7. The fraction of sp³-hybridized carbons (Fsp3) is 0.200. The summed E-state index contributed by atoms with van der Waals surface area (Å²) in [7, 11) is 0. The van der Waals surface area contributed by atoms with Crippen LogP contribution in [0.5, 0.6) is 0 Å². The lowest BCUT2D eigenvalue weighted by Gasteiger charge is -2.13. The predicted molar refractivity (Wildman–Crippen MR) is 100.0 cm³/mol. The number of aromatic nitrogens is 2. The number of ketones is 1. The van der Waals surface area contributed by atoms with Crippen LogP contribution in [0.1, 0.15) is 40.5 Å². The number of hydrogen-bond donors (Lipinski definition) is 1. The standard InChI is InChI=1S/C20H19N3O5/c1-13(24)15-4-6-16(7-5-15)22-19(25)14(2)27-20(26)18-9-8-17(28-18)12-23-11-3-10-21-23/h3-11,14H,12H2,1-2H3,(H,22,25). The molecule has 3 rings (SSSR count). The molecule has 0 saturated heterocycles. The number of anilines is 1. The van der Waals surface area contributed by atoms with Gasteiger partial charge in [0, 0.05) is 23.6 Å². The van der Waals surface area contributed by atoms with Crippen LogP contribution in [0.2, 0.25) is 0 Å². The summed E-state index contributed by atoms with van der Waals surface area (Å²) in [5, 5.41) is 6.69. The second-order valence-electron chi connectivity index (χ2n) is 6.14. The summed E-state index contributed by atoms with van der Waals surface area (Å²) < 4.78 is 12.3. The van der Waals surface area contributed by atoms with Crippen LogP contribution in [0, 0.1) is 0 Å². The second-order valence-corrected chi connectivity index (χ2v) is 6.14. The molecule has 144 valence electrons. The van der Waals surface area contributed by atoms with Crippen LogP contribution < -0.4 is 5.32 Å². The topological polar surface area (TPSA) is 103 Å². The largest absolute Gasteiger partial charge is 0.452 e. The summed E-state index contributed by atoms with van der Waals surface area (Å²) >= 11 is 0. The second kappa shape index (κ2) is 8.34. The minimum atomic E-state index is -1.03. The molecule has 0 aliphatic rings. The molecule has 2 aromatic heterocycles. The van der Waals surface area contributed by atoms with Gasteiger partial charge in [-0.1, -0.05) is 0 Å². The van der Waals surface area contributed by atoms with E-state index in [0.717, 1.165) is 0 Å². The van der Waals surface area contributed by atoms with Crippen LogP contribution in [0.25, 0.3) is 0 Å². The first-order valence-electron chi connectivity index (χ1n) is 8.61. The number of furan rings is 1. The Kier molecular flexibility index (Phi) is 5.69. The number of hydrogen-bond acceptors (Lipinski definition) is 6. The van der Waals surface area contributed by atoms with Gasteiger partial charge < -0.3 is 14.5 Å². The van der Waals surface area contributed by atoms with E-state index in [2.05, 4.69) is 10.4 Å². The summed E-state index contributed by atoms with van der Waals surface area (Å²) in [6.45, 7) is 3.31. The minimum absolute atomic E-state index is 0.00705. The number of ether oxygens (including phenoxy) is 1. The molecule has 1 aromatic carbocycles. The average molecular weight is 381 g/mol. The molecule has 2 heterocycles. The van der Waals surface area contributed by atoms with Gasteiger partial charge in [-0.25, -0.2) is 4.79 Å². The van der Waals surface area contributed by atoms with Crippen molar-refractivity contribution in [3.05, 3.63) is 71.9 Å². The van der Waals surface area contributed by atoms with Gasteiger partial charge in [-0.15, -0.1) is 0 Å². The molecule has 1 amide bonds. The third-order valence-corrected chi connectivity index (χ3v) is 3.95. The van der Waals surface area contributed by atoms with Crippen molar-refractivity contribution in [3.63, 3.8) is 0 Å². The normalized spacial score (nSPS) is 11.6. The lowest BCUT2D eigenvalue weighted by atomic mass is 10.1. The fourth-order valence-corrected chi connectivity index (χ4v) is 2.43. The Morgan fingerprint density at radius 2 is 1.93 bits per heavy atom. The molecule has 3 aromatic rings. The molecular weight excluding hydrogens is 362 g/mol. The SMILES string of the molecule is CC(=O)c1ccc(NC(=O)C(C)OC(=O)c2ccc(Cn3cccn3)o2)cc1. The molecule has 0 spiro atoms. The maximum atomic E-state index is 12.2. The van der Waals surface area contributed by atoms with Gasteiger partial charge in [-0.05, 0) is 56.3 Å². The van der Waals surface area contributed by atoms with Gasteiger partial charge in [-0.3, -0.25) is 14.3 Å². The van der Waals surface area contributed by atoms with Gasteiger partial charge in [0.15, 0.2) is 11.9 Å². The molecular formula is C20H19N3O5. The van der Waals surface area contributed by atoms with E-state index in [-0.39, 0.29) is 11.5 Å². The molecule has 0 radical (unpaired) electrons. The molecule has 8 nitrogen and oxygen atoms in total. The first kappa shape index (κ1) is 19.1. The first-order valence-corrected chi connectivity index (χ1v) is 8.61. The van der Waals surface area contributed by atoms with Gasteiger partial charge >= 0.3 is 5.97 Å². The van der Waals surface area contributed by atoms with Crippen molar-refractivity contribution in [2.24, 2.45) is 0 Å². The van der Waals surface area contributed by atoms with Crippen LogP contribution in [-0.2, 0) is 16.1 Å². The van der Waals surface area contributed by atoms with Crippen molar-refractivity contribution in [2.75, 3.05) is 5.32 Å². The number of nitrogens with zero attached hydrogens (tertiary/aromatic N) is 2. The van der Waals surface area contributed by atoms with Crippen molar-refractivity contribution in [3.8, 4) is 0 Å². The Balaban J connectivity index is 1.55. The summed E-state index contributed by atoms with van der Waals surface area (Å²) in [5.74, 6) is -0.745. The molecule has 1 N–H and O–H groups in total. The number of carbonyl (C=O) groups is 3. The molecule has 0 saturated carbocycles. The molecule has 1 atom stereocenters. The molecule has 0 aliphatic heterocycles. The highest BCUT2D eigenvalue weighted by molar-refractivity contribution is 5.98. The summed E-state index contributed by atoms with van der Waals surface area (Å²) in [4.78, 5) is 35.7. The summed E-state index contributed by atoms with van der Waals surface area (Å²) in [5.41, 5.74) is 1.04. The highest BCUT2D eigenvalue weighted by Gasteiger charge is 2.21. The lowest BCUT2D eigenvalue weighted by molar-refractivity contribution is -0.123. The average Bonchev–Trinajstić information content (AvgIpc) is 3.34. The zero-order valence-corrected chi connectivity index (χ0v) is 15.4. The maximum Gasteiger partial charge on any atom is 0.375 e. The Bertz CT molecular complexity index is 974. The minimum Gasteiger partial charge on any atom is -0.452 e. The number of carbonyl (C=O) groups excluding carboxylic acids is 3. The van der Waals surface area contributed by atoms with E-state index in [1.807, 2.05) is 0 Å². The number of esters is 1. The monoisotopic (exact) mass is 381 g/mol. The molecule has 1 unspecified atom stereocenters. The van der Waals surface area contributed by atoms with Crippen molar-refractivity contribution in [2.45, 2.75) is 26.5 Å². The van der Waals surface area contributed by atoms with Gasteiger partial charge in [0.25, 0.3) is 5.91 Å². The molecule has 0 bridgehead atoms. The highest BCUT2D eigenvalue weighted by atomic mass is 16.6. The third-order valence-electron chi connectivity index (χ3n) is 3.95. The van der Waals surface area contributed by atoms with Crippen LogP contribution in [0.15, 0.2) is 59.3 Å². The summed E-state index contributed by atoms with van der Waals surface area (Å²) in [6.07, 6.45) is 2.39. The number of nitrogens with one attached hydrogen (secondary N) is 1. The van der Waals surface area contributed by atoms with Gasteiger partial charge in [-0.2, -0.15) is 5.10 Å². The Morgan fingerprint density at radius 1 is 1.18 bits per heavy atom. The van der Waals surface area contributed by atoms with Crippen LogP contribution in [-0.4, -0.2) is 33.5 Å². The fourth-order valence-electron chi connectivity index (χ4n) is 2.43. The van der Waals surface area contributed by atoms with Crippen molar-refractivity contribution in [1.29, 1.82) is 0 Å². The van der Waals surface area contributed by atoms with Crippen molar-refractivity contribution >= 4 is 23.3 Å². The van der Waals surface area contributed by atoms with E-state index in [4.69, 9.17) is 9.15 Å². The Hall–Kier alpha value is -3.68. The predicted octanol–water partition coefficient (Wildman–Crippen LogP) is 2.91. The Labute approximate surface area is 161 Å². The van der Waals surface area contributed by atoms with E-state index in [9.17, 15) is 14.4 Å². The van der Waals surface area contributed by atoms with Gasteiger partial charge in [0.1, 0.15) is 5.76 Å². The third kappa shape index (κ3) is 4.73. The van der Waals surface area contributed by atoms with E-state index < -0.39 is 18.0 Å². The van der Waals surface area contributed by atoms with Crippen molar-refractivity contribution in [1.82, 2.24) is 9.78 Å². The highest BCUT2D eigenvalue weighted by Crippen LogP contribution is 2.14. The number of benzene rings is 1. The molecule has 0 aliphatic carbocycles. The van der Waals surface area contributed by atoms with Crippen LogP contribution in [0.3, 0.4) is 0 Å². The quantitative estimate of drug-likeness (QED) is 0.499. The molecule has 8 heteroatoms. The van der Waals surface area contributed by atoms with E-state index in [1.54, 1.807) is 53.5 Å². The maximum absolute atomic E-state index is 12.2. The zero-order chi connectivity index (χ0) is 20.1. The zero-order valence-electron chi connectivity index (χ0n) is 15.4. The molecule has 0 fully saturated rings. The first-order chi connectivity index (χ1) is 13.4. The van der Waals surface area contributed by atoms with Crippen molar-refractivity contribution < 1.29 is 23.5 Å². The van der Waals surface area contributed by atoms with E-state index >= 15 is 0 Å². The van der Waals surface area contributed by atoms with E-state index in [0.29, 0.717) is 23.6 Å². The van der Waals surface area contributed by atoms with Crippen LogP contribution in [0.4, 0.5) is 5.69 Å². The number of Topliss-reactive ketones (excluding diaryl/α,β-unsaturated/α-hetero) is 1. The Morgan fingerprint density at radius 3 is 2.57 bits per heavy atom.